The van der Waals surface area contributed by atoms with E-state index < -0.39 is 0 Å². The smallest absolute Gasteiger partial charge is 0.124 e. The second-order valence-electron chi connectivity index (χ2n) is 5.43. The molecule has 0 saturated heterocycles. The van der Waals surface area contributed by atoms with Crippen LogP contribution in [0.2, 0.25) is 5.02 Å². The molecule has 2 nitrogen and oxygen atoms in total. The minimum atomic E-state index is 0.0543. The molecule has 0 bridgehead atoms. The van der Waals surface area contributed by atoms with Crippen molar-refractivity contribution in [2.24, 2.45) is 0 Å². The fraction of sp³-hybridized carbons (Fsp3) is 0.333. The van der Waals surface area contributed by atoms with Crippen molar-refractivity contribution in [2.45, 2.75) is 32.9 Å². The van der Waals surface area contributed by atoms with Gasteiger partial charge in [-0.25, -0.2) is 0 Å². The molecule has 1 atom stereocenters. The van der Waals surface area contributed by atoms with Crippen molar-refractivity contribution in [3.05, 3.63) is 64.2 Å². The zero-order valence-corrected chi connectivity index (χ0v) is 13.7. The minimum Gasteiger partial charge on any atom is -0.491 e. The molecule has 0 amide bonds. The predicted octanol–water partition coefficient (Wildman–Crippen LogP) is 4.74. The summed E-state index contributed by atoms with van der Waals surface area (Å²) in [6.45, 7) is 6.17. The molecule has 1 N–H and O–H groups in total. The highest BCUT2D eigenvalue weighted by Crippen LogP contribution is 2.33. The number of para-hydroxylation sites is 1. The quantitative estimate of drug-likeness (QED) is 0.861. The summed E-state index contributed by atoms with van der Waals surface area (Å²) in [5, 5.41) is 4.13. The Morgan fingerprint density at radius 1 is 1.05 bits per heavy atom. The van der Waals surface area contributed by atoms with E-state index in [1.807, 2.05) is 57.3 Å². The Labute approximate surface area is 132 Å². The van der Waals surface area contributed by atoms with Crippen LogP contribution in [-0.2, 0) is 0 Å². The van der Waals surface area contributed by atoms with E-state index in [-0.39, 0.29) is 12.1 Å². The van der Waals surface area contributed by atoms with E-state index in [1.165, 1.54) is 11.1 Å². The normalized spacial score (nSPS) is 12.5. The summed E-state index contributed by atoms with van der Waals surface area (Å²) in [5.41, 5.74) is 3.50. The second-order valence-corrected chi connectivity index (χ2v) is 5.86. The number of benzene rings is 2. The predicted molar refractivity (Wildman–Crippen MR) is 89.3 cm³/mol. The molecule has 0 radical (unpaired) electrons. The van der Waals surface area contributed by atoms with Crippen LogP contribution in [0, 0.1) is 6.92 Å². The van der Waals surface area contributed by atoms with E-state index in [1.54, 1.807) is 0 Å². The summed E-state index contributed by atoms with van der Waals surface area (Å²) in [6, 6.07) is 14.2. The van der Waals surface area contributed by atoms with Crippen LogP contribution in [0.3, 0.4) is 0 Å². The van der Waals surface area contributed by atoms with Crippen LogP contribution in [0.1, 0.15) is 36.6 Å². The standard InChI is InChI=1S/C18H22ClNO/c1-12(2)21-17-8-6-5-7-15(17)18(20-4)16-11-14(19)10-9-13(16)3/h5-12,18,20H,1-4H3. The maximum absolute atomic E-state index is 6.17. The van der Waals surface area contributed by atoms with Gasteiger partial charge in [0.25, 0.3) is 0 Å². The monoisotopic (exact) mass is 303 g/mol. The van der Waals surface area contributed by atoms with E-state index in [0.29, 0.717) is 0 Å². The number of nitrogens with one attached hydrogen (secondary N) is 1. The first-order valence-corrected chi connectivity index (χ1v) is 7.59. The van der Waals surface area contributed by atoms with Crippen molar-refractivity contribution in [2.75, 3.05) is 7.05 Å². The molecule has 0 fully saturated rings. The van der Waals surface area contributed by atoms with Crippen LogP contribution >= 0.6 is 11.6 Å². The van der Waals surface area contributed by atoms with Gasteiger partial charge in [0.15, 0.2) is 0 Å². The van der Waals surface area contributed by atoms with Crippen LogP contribution in [-0.4, -0.2) is 13.2 Å². The molecule has 0 aliphatic rings. The number of halogens is 1. The number of aryl methyl sites for hydroxylation is 1. The van der Waals surface area contributed by atoms with Crippen LogP contribution < -0.4 is 10.1 Å². The highest BCUT2D eigenvalue weighted by Gasteiger charge is 2.19. The summed E-state index contributed by atoms with van der Waals surface area (Å²) < 4.78 is 5.95. The zero-order valence-electron chi connectivity index (χ0n) is 13.0. The first-order chi connectivity index (χ1) is 10.0. The van der Waals surface area contributed by atoms with Crippen molar-refractivity contribution in [3.63, 3.8) is 0 Å². The summed E-state index contributed by atoms with van der Waals surface area (Å²) >= 11 is 6.17. The maximum Gasteiger partial charge on any atom is 0.124 e. The molecular weight excluding hydrogens is 282 g/mol. The van der Waals surface area contributed by atoms with E-state index in [2.05, 4.69) is 18.3 Å². The Morgan fingerprint density at radius 3 is 2.43 bits per heavy atom. The first-order valence-electron chi connectivity index (χ1n) is 7.21. The molecule has 0 aliphatic carbocycles. The average Bonchev–Trinajstić information content (AvgIpc) is 2.44. The van der Waals surface area contributed by atoms with Crippen molar-refractivity contribution < 1.29 is 4.74 Å². The molecule has 1 unspecified atom stereocenters. The summed E-state index contributed by atoms with van der Waals surface area (Å²) in [4.78, 5) is 0. The number of hydrogen-bond acceptors (Lipinski definition) is 2. The number of hydrogen-bond donors (Lipinski definition) is 1. The van der Waals surface area contributed by atoms with Crippen LogP contribution in [0.25, 0.3) is 0 Å². The van der Waals surface area contributed by atoms with Gasteiger partial charge in [0.2, 0.25) is 0 Å². The molecule has 0 heterocycles. The Hall–Kier alpha value is -1.51. The fourth-order valence-corrected chi connectivity index (χ4v) is 2.66. The van der Waals surface area contributed by atoms with E-state index in [4.69, 9.17) is 16.3 Å². The van der Waals surface area contributed by atoms with Gasteiger partial charge in [0, 0.05) is 10.6 Å². The third-order valence-corrected chi connectivity index (χ3v) is 3.67. The Bertz CT molecular complexity index is 610. The van der Waals surface area contributed by atoms with Gasteiger partial charge < -0.3 is 10.1 Å². The van der Waals surface area contributed by atoms with Crippen molar-refractivity contribution in [1.29, 1.82) is 0 Å². The van der Waals surface area contributed by atoms with Gasteiger partial charge >= 0.3 is 0 Å². The third kappa shape index (κ3) is 3.78. The Kier molecular flexibility index (Phi) is 5.27. The molecule has 0 aliphatic heterocycles. The van der Waals surface area contributed by atoms with Crippen molar-refractivity contribution >= 4 is 11.6 Å². The molecule has 2 aromatic carbocycles. The fourth-order valence-electron chi connectivity index (χ4n) is 2.48. The lowest BCUT2D eigenvalue weighted by Gasteiger charge is -2.23. The first kappa shape index (κ1) is 15.9. The van der Waals surface area contributed by atoms with Gasteiger partial charge in [-0.1, -0.05) is 35.9 Å². The number of rotatable bonds is 5. The molecule has 3 heteroatoms. The largest absolute Gasteiger partial charge is 0.491 e. The van der Waals surface area contributed by atoms with Gasteiger partial charge in [-0.05, 0) is 57.1 Å². The summed E-state index contributed by atoms with van der Waals surface area (Å²) in [5.74, 6) is 0.909. The summed E-state index contributed by atoms with van der Waals surface area (Å²) in [6.07, 6.45) is 0.143. The Morgan fingerprint density at radius 2 is 1.76 bits per heavy atom. The van der Waals surface area contributed by atoms with Crippen molar-refractivity contribution in [1.82, 2.24) is 5.32 Å². The Balaban J connectivity index is 2.49. The topological polar surface area (TPSA) is 21.3 Å². The van der Waals surface area contributed by atoms with Crippen molar-refractivity contribution in [3.8, 4) is 5.75 Å². The highest BCUT2D eigenvalue weighted by atomic mass is 35.5. The van der Waals surface area contributed by atoms with Crippen LogP contribution in [0.15, 0.2) is 42.5 Å². The van der Waals surface area contributed by atoms with Gasteiger partial charge in [-0.2, -0.15) is 0 Å². The van der Waals surface area contributed by atoms with Gasteiger partial charge in [0.1, 0.15) is 5.75 Å². The molecule has 0 spiro atoms. The second kappa shape index (κ2) is 6.97. The molecule has 112 valence electrons. The molecular formula is C18H22ClNO. The van der Waals surface area contributed by atoms with E-state index in [9.17, 15) is 0 Å². The molecule has 0 saturated carbocycles. The van der Waals surface area contributed by atoms with E-state index in [0.717, 1.165) is 16.3 Å². The lowest BCUT2D eigenvalue weighted by Crippen LogP contribution is -2.20. The van der Waals surface area contributed by atoms with Crippen LogP contribution in [0.4, 0.5) is 0 Å². The highest BCUT2D eigenvalue weighted by molar-refractivity contribution is 6.30. The molecule has 0 aromatic heterocycles. The third-order valence-electron chi connectivity index (χ3n) is 3.43. The van der Waals surface area contributed by atoms with Gasteiger partial charge in [-0.3, -0.25) is 0 Å². The lowest BCUT2D eigenvalue weighted by atomic mass is 9.94. The average molecular weight is 304 g/mol. The van der Waals surface area contributed by atoms with E-state index >= 15 is 0 Å². The zero-order chi connectivity index (χ0) is 15.4. The lowest BCUT2D eigenvalue weighted by molar-refractivity contribution is 0.238. The molecule has 2 aromatic rings. The number of ether oxygens (including phenoxy) is 1. The molecule has 2 rings (SSSR count). The van der Waals surface area contributed by atoms with Gasteiger partial charge in [0.05, 0.1) is 12.1 Å². The maximum atomic E-state index is 6.17. The minimum absolute atomic E-state index is 0.0543. The molecule has 21 heavy (non-hydrogen) atoms. The van der Waals surface area contributed by atoms with Crippen LogP contribution in [0.5, 0.6) is 5.75 Å². The SMILES string of the molecule is CNC(c1cc(Cl)ccc1C)c1ccccc1OC(C)C. The summed E-state index contributed by atoms with van der Waals surface area (Å²) in [7, 11) is 1.96. The van der Waals surface area contributed by atoms with Gasteiger partial charge in [-0.15, -0.1) is 0 Å².